The van der Waals surface area contributed by atoms with E-state index in [9.17, 15) is 18.0 Å². The van der Waals surface area contributed by atoms with Gasteiger partial charge in [-0.05, 0) is 84.8 Å². The molecule has 1 heterocycles. The quantitative estimate of drug-likeness (QED) is 0.244. The summed E-state index contributed by atoms with van der Waals surface area (Å²) in [5, 5.41) is 0.0964. The van der Waals surface area contributed by atoms with Crippen molar-refractivity contribution >= 4 is 33.0 Å². The number of benzene rings is 1. The molecule has 1 aromatic carbocycles. The molecule has 0 bridgehead atoms. The van der Waals surface area contributed by atoms with Gasteiger partial charge in [0.25, 0.3) is 10.1 Å². The van der Waals surface area contributed by atoms with E-state index in [1.807, 2.05) is 24.3 Å². The lowest BCUT2D eigenvalue weighted by Crippen LogP contribution is -2.66. The minimum absolute atomic E-state index is 0.0551. The first kappa shape index (κ1) is 28.9. The molecule has 0 aromatic heterocycles. The van der Waals surface area contributed by atoms with E-state index < -0.39 is 15.5 Å². The number of hydrogen-bond donors (Lipinski definition) is 0. The van der Waals surface area contributed by atoms with E-state index in [-0.39, 0.29) is 58.3 Å². The van der Waals surface area contributed by atoms with Gasteiger partial charge in [0.2, 0.25) is 0 Å². The van der Waals surface area contributed by atoms with Gasteiger partial charge in [0, 0.05) is 16.2 Å². The van der Waals surface area contributed by atoms with Crippen LogP contribution >= 0.6 is 11.8 Å². The Kier molecular flexibility index (Phi) is 7.24. The molecule has 7 atom stereocenters. The van der Waals surface area contributed by atoms with Crippen LogP contribution in [0, 0.1) is 39.4 Å². The van der Waals surface area contributed by atoms with Crippen LogP contribution in [-0.2, 0) is 28.6 Å². The van der Waals surface area contributed by atoms with Crippen molar-refractivity contribution in [1.29, 1.82) is 0 Å². The van der Waals surface area contributed by atoms with E-state index in [1.54, 1.807) is 7.11 Å². The Morgan fingerprint density at radius 2 is 1.79 bits per heavy atom. The average Bonchev–Trinajstić information content (AvgIpc) is 3.24. The first-order valence-corrected chi connectivity index (χ1v) is 16.7. The zero-order valence-corrected chi connectivity index (χ0v) is 25.6. The molecule has 1 unspecified atom stereocenters. The van der Waals surface area contributed by atoms with Crippen molar-refractivity contribution in [3.8, 4) is 5.75 Å². The van der Waals surface area contributed by atoms with Crippen LogP contribution in [0.25, 0.3) is 0 Å². The third kappa shape index (κ3) is 4.64. The summed E-state index contributed by atoms with van der Waals surface area (Å²) in [6.07, 6.45) is 6.01. The van der Waals surface area contributed by atoms with Crippen molar-refractivity contribution in [2.45, 2.75) is 83.6 Å². The molecule has 3 saturated carbocycles. The molecule has 1 aliphatic heterocycles. The summed E-state index contributed by atoms with van der Waals surface area (Å²) in [5.74, 6) is 0.792. The highest BCUT2D eigenvalue weighted by molar-refractivity contribution is 8.13. The molecule has 1 spiro atoms. The van der Waals surface area contributed by atoms with Crippen molar-refractivity contribution in [3.05, 3.63) is 24.3 Å². The van der Waals surface area contributed by atoms with Crippen molar-refractivity contribution < 1.29 is 31.7 Å². The van der Waals surface area contributed by atoms with Crippen LogP contribution in [0.3, 0.4) is 0 Å². The van der Waals surface area contributed by atoms with Crippen molar-refractivity contribution in [2.75, 3.05) is 20.0 Å². The van der Waals surface area contributed by atoms with Crippen LogP contribution in [0.2, 0.25) is 0 Å². The minimum atomic E-state index is -3.56. The molecule has 7 nitrogen and oxygen atoms in total. The van der Waals surface area contributed by atoms with E-state index in [0.717, 1.165) is 43.3 Å². The topological polar surface area (TPSA) is 96.0 Å². The number of carbonyl (C=O) groups is 2. The SMILES string of the molecule is COc1cccc(SC(=O)[C@H]2CC[C@@H]3[C@@]4(C)CC[C@H](OS(C)(=O)=O)C(C)(C)C4CC[C@@]3(C)[C@@]23COC(=O)C3)c1. The predicted molar refractivity (Wildman–Crippen MR) is 150 cm³/mol. The molecule has 0 N–H and O–H groups in total. The van der Waals surface area contributed by atoms with E-state index in [0.29, 0.717) is 18.1 Å². The lowest BCUT2D eigenvalue weighted by atomic mass is 9.35. The Bertz CT molecular complexity index is 1260. The van der Waals surface area contributed by atoms with Gasteiger partial charge in [-0.1, -0.05) is 45.5 Å². The Morgan fingerprint density at radius 3 is 2.44 bits per heavy atom. The Labute approximate surface area is 237 Å². The molecular formula is C30H42O7S2. The summed E-state index contributed by atoms with van der Waals surface area (Å²) in [6, 6.07) is 7.55. The van der Waals surface area contributed by atoms with Crippen LogP contribution in [0.5, 0.6) is 5.75 Å². The first-order valence-electron chi connectivity index (χ1n) is 14.1. The van der Waals surface area contributed by atoms with Gasteiger partial charge in [-0.2, -0.15) is 8.42 Å². The molecule has 0 radical (unpaired) electrons. The molecule has 9 heteroatoms. The molecule has 1 saturated heterocycles. The normalized spacial score (nSPS) is 39.5. The number of ether oxygens (including phenoxy) is 2. The highest BCUT2D eigenvalue weighted by Crippen LogP contribution is 2.74. The summed E-state index contributed by atoms with van der Waals surface area (Å²) < 4.78 is 40.8. The smallest absolute Gasteiger partial charge is 0.306 e. The van der Waals surface area contributed by atoms with Gasteiger partial charge >= 0.3 is 5.97 Å². The second-order valence-corrected chi connectivity index (χ2v) is 16.1. The lowest BCUT2D eigenvalue weighted by Gasteiger charge is -2.69. The van der Waals surface area contributed by atoms with Gasteiger partial charge in [-0.15, -0.1) is 0 Å². The van der Waals surface area contributed by atoms with E-state index in [4.69, 9.17) is 13.7 Å². The maximum atomic E-state index is 14.0. The Morgan fingerprint density at radius 1 is 1.05 bits per heavy atom. The van der Waals surface area contributed by atoms with Gasteiger partial charge < -0.3 is 9.47 Å². The number of methoxy groups -OCH3 is 1. The fourth-order valence-electron chi connectivity index (χ4n) is 9.52. The van der Waals surface area contributed by atoms with Gasteiger partial charge in [0.1, 0.15) is 5.75 Å². The van der Waals surface area contributed by atoms with Gasteiger partial charge in [0.05, 0.1) is 32.5 Å². The average molecular weight is 579 g/mol. The molecule has 5 rings (SSSR count). The fourth-order valence-corrected chi connectivity index (χ4v) is 11.3. The third-order valence-electron chi connectivity index (χ3n) is 11.3. The minimum Gasteiger partial charge on any atom is -0.497 e. The molecule has 0 amide bonds. The summed E-state index contributed by atoms with van der Waals surface area (Å²) in [6.45, 7) is 9.29. The molecule has 3 aliphatic carbocycles. The van der Waals surface area contributed by atoms with Crippen LogP contribution in [0.15, 0.2) is 29.2 Å². The maximum absolute atomic E-state index is 14.0. The number of hydrogen-bond acceptors (Lipinski definition) is 8. The molecule has 4 fully saturated rings. The fraction of sp³-hybridized carbons (Fsp3) is 0.733. The van der Waals surface area contributed by atoms with Gasteiger partial charge in [0.15, 0.2) is 5.12 Å². The first-order chi connectivity index (χ1) is 18.2. The molecule has 216 valence electrons. The maximum Gasteiger partial charge on any atom is 0.306 e. The third-order valence-corrected chi connectivity index (χ3v) is 12.9. The van der Waals surface area contributed by atoms with Gasteiger partial charge in [-0.3, -0.25) is 13.8 Å². The van der Waals surface area contributed by atoms with Gasteiger partial charge in [-0.25, -0.2) is 0 Å². The summed E-state index contributed by atoms with van der Waals surface area (Å²) in [4.78, 5) is 27.6. The van der Waals surface area contributed by atoms with Crippen LogP contribution in [-0.4, -0.2) is 45.6 Å². The summed E-state index contributed by atoms with van der Waals surface area (Å²) in [5.41, 5.74) is -1.17. The van der Waals surface area contributed by atoms with E-state index >= 15 is 0 Å². The number of thioether (sulfide) groups is 1. The van der Waals surface area contributed by atoms with Crippen LogP contribution < -0.4 is 4.74 Å². The summed E-state index contributed by atoms with van der Waals surface area (Å²) >= 11 is 1.25. The number of rotatable bonds is 5. The molecular weight excluding hydrogens is 536 g/mol. The number of fused-ring (bicyclic) bond motifs is 4. The van der Waals surface area contributed by atoms with E-state index in [1.165, 1.54) is 11.8 Å². The van der Waals surface area contributed by atoms with Crippen LogP contribution in [0.4, 0.5) is 0 Å². The largest absolute Gasteiger partial charge is 0.497 e. The molecule has 1 aromatic rings. The number of esters is 1. The highest BCUT2D eigenvalue weighted by atomic mass is 32.2. The second-order valence-electron chi connectivity index (χ2n) is 13.4. The number of carbonyl (C=O) groups excluding carboxylic acids is 2. The predicted octanol–water partition coefficient (Wildman–Crippen LogP) is 5.86. The van der Waals surface area contributed by atoms with Crippen molar-refractivity contribution in [2.24, 2.45) is 39.4 Å². The molecule has 4 aliphatic rings. The van der Waals surface area contributed by atoms with E-state index in [2.05, 4.69) is 27.7 Å². The summed E-state index contributed by atoms with van der Waals surface area (Å²) in [7, 11) is -1.95. The Balaban J connectivity index is 1.48. The monoisotopic (exact) mass is 578 g/mol. The standard InChI is InChI=1S/C30H42O7S2/c1-27(2)22-12-15-29(4)23(28(22,3)14-13-24(27)37-39(6,33)34)11-10-21(30(29)17-25(31)36-18-30)26(32)38-20-9-7-8-19(16-20)35-5/h7-9,16,21-24H,10-15,17-18H2,1-6H3/t21-,22?,23-,24+,28+,29-,30+/m1/s1. The zero-order chi connectivity index (χ0) is 28.4. The van der Waals surface area contributed by atoms with Crippen LogP contribution in [0.1, 0.15) is 72.6 Å². The second kappa shape index (κ2) is 9.76. The zero-order valence-electron chi connectivity index (χ0n) is 23.9. The highest BCUT2D eigenvalue weighted by Gasteiger charge is 2.71. The Hall–Kier alpha value is -1.58. The number of cyclic esters (lactones) is 1. The van der Waals surface area contributed by atoms with Crippen molar-refractivity contribution in [3.63, 3.8) is 0 Å². The lowest BCUT2D eigenvalue weighted by molar-refractivity contribution is -0.222. The molecule has 39 heavy (non-hydrogen) atoms. The van der Waals surface area contributed by atoms with Crippen molar-refractivity contribution in [1.82, 2.24) is 0 Å².